The van der Waals surface area contributed by atoms with E-state index in [1.54, 1.807) is 16.4 Å². The molecular weight excluding hydrogens is 364 g/mol. The van der Waals surface area contributed by atoms with Gasteiger partial charge in [-0.2, -0.15) is 4.31 Å². The largest absolute Gasteiger partial charge is 0.493 e. The van der Waals surface area contributed by atoms with Crippen LogP contribution in [0.15, 0.2) is 47.4 Å². The SMILES string of the molecule is COc1ccc(S(=O)(=O)N2CCN(c3cccc(C)c3)C(C)C2)cc1OC. The van der Waals surface area contributed by atoms with Gasteiger partial charge >= 0.3 is 0 Å². The van der Waals surface area contributed by atoms with Gasteiger partial charge < -0.3 is 14.4 Å². The van der Waals surface area contributed by atoms with Crippen LogP contribution in [-0.2, 0) is 10.0 Å². The molecule has 7 heteroatoms. The average molecular weight is 391 g/mol. The Kier molecular flexibility index (Phi) is 5.62. The number of rotatable bonds is 5. The fourth-order valence-electron chi connectivity index (χ4n) is 3.46. The lowest BCUT2D eigenvalue weighted by atomic mass is 10.1. The second-order valence-corrected chi connectivity index (χ2v) is 8.70. The van der Waals surface area contributed by atoms with E-state index in [4.69, 9.17) is 9.47 Å². The number of nitrogens with zero attached hydrogens (tertiary/aromatic N) is 2. The second-order valence-electron chi connectivity index (χ2n) is 6.76. The summed E-state index contributed by atoms with van der Waals surface area (Å²) >= 11 is 0. The van der Waals surface area contributed by atoms with Gasteiger partial charge in [0.15, 0.2) is 11.5 Å². The first-order valence-electron chi connectivity index (χ1n) is 8.92. The number of methoxy groups -OCH3 is 2. The third kappa shape index (κ3) is 3.89. The number of hydrogen-bond donors (Lipinski definition) is 0. The highest BCUT2D eigenvalue weighted by Gasteiger charge is 2.33. The predicted molar refractivity (Wildman–Crippen MR) is 106 cm³/mol. The summed E-state index contributed by atoms with van der Waals surface area (Å²) in [6, 6.07) is 13.1. The lowest BCUT2D eigenvalue weighted by Crippen LogP contribution is -2.53. The Morgan fingerprint density at radius 3 is 2.37 bits per heavy atom. The van der Waals surface area contributed by atoms with E-state index >= 15 is 0 Å². The van der Waals surface area contributed by atoms with Crippen LogP contribution in [0.5, 0.6) is 11.5 Å². The molecular formula is C20H26N2O4S. The first kappa shape index (κ1) is 19.5. The quantitative estimate of drug-likeness (QED) is 0.786. The van der Waals surface area contributed by atoms with Crippen molar-refractivity contribution in [3.63, 3.8) is 0 Å². The van der Waals surface area contributed by atoms with Crippen molar-refractivity contribution < 1.29 is 17.9 Å². The number of piperazine rings is 1. The number of hydrogen-bond acceptors (Lipinski definition) is 5. The minimum Gasteiger partial charge on any atom is -0.493 e. The molecule has 1 atom stereocenters. The van der Waals surface area contributed by atoms with E-state index in [1.165, 1.54) is 25.8 Å². The molecule has 0 saturated carbocycles. The van der Waals surface area contributed by atoms with Crippen LogP contribution < -0.4 is 14.4 Å². The summed E-state index contributed by atoms with van der Waals surface area (Å²) in [6.45, 7) is 5.64. The second kappa shape index (κ2) is 7.78. The van der Waals surface area contributed by atoms with E-state index in [-0.39, 0.29) is 10.9 Å². The maximum absolute atomic E-state index is 13.1. The fourth-order valence-corrected chi connectivity index (χ4v) is 4.99. The number of anilines is 1. The van der Waals surface area contributed by atoms with Crippen LogP contribution in [0.1, 0.15) is 12.5 Å². The van der Waals surface area contributed by atoms with Crippen molar-refractivity contribution in [2.24, 2.45) is 0 Å². The molecule has 0 amide bonds. The summed E-state index contributed by atoms with van der Waals surface area (Å²) in [5, 5.41) is 0. The van der Waals surface area contributed by atoms with Gasteiger partial charge in [-0.25, -0.2) is 8.42 Å². The fraction of sp³-hybridized carbons (Fsp3) is 0.400. The Morgan fingerprint density at radius 1 is 1.00 bits per heavy atom. The molecule has 1 fully saturated rings. The highest BCUT2D eigenvalue weighted by Crippen LogP contribution is 2.31. The molecule has 0 radical (unpaired) electrons. The molecule has 1 heterocycles. The molecule has 0 aromatic heterocycles. The Balaban J connectivity index is 1.81. The first-order chi connectivity index (χ1) is 12.9. The van der Waals surface area contributed by atoms with E-state index in [2.05, 4.69) is 36.9 Å². The van der Waals surface area contributed by atoms with Gasteiger partial charge in [0.05, 0.1) is 19.1 Å². The van der Waals surface area contributed by atoms with Crippen molar-refractivity contribution in [1.29, 1.82) is 0 Å². The van der Waals surface area contributed by atoms with Gasteiger partial charge in [-0.05, 0) is 43.7 Å². The minimum atomic E-state index is -3.60. The van der Waals surface area contributed by atoms with E-state index in [0.717, 1.165) is 5.69 Å². The molecule has 1 unspecified atom stereocenters. The standard InChI is InChI=1S/C20H26N2O4S/c1-15-6-5-7-17(12-15)22-11-10-21(14-16(22)2)27(23,24)18-8-9-19(25-3)20(13-18)26-4/h5-9,12-13,16H,10-11,14H2,1-4H3. The van der Waals surface area contributed by atoms with Crippen LogP contribution in [0.3, 0.4) is 0 Å². The van der Waals surface area contributed by atoms with Gasteiger partial charge in [-0.3, -0.25) is 0 Å². The topological polar surface area (TPSA) is 59.1 Å². The van der Waals surface area contributed by atoms with Crippen LogP contribution in [0.4, 0.5) is 5.69 Å². The molecule has 27 heavy (non-hydrogen) atoms. The van der Waals surface area contributed by atoms with Crippen LogP contribution in [-0.4, -0.2) is 52.6 Å². The molecule has 0 N–H and O–H groups in total. The molecule has 6 nitrogen and oxygen atoms in total. The molecule has 1 aliphatic rings. The third-order valence-corrected chi connectivity index (χ3v) is 6.78. The van der Waals surface area contributed by atoms with Crippen LogP contribution in [0.2, 0.25) is 0 Å². The van der Waals surface area contributed by atoms with E-state index in [9.17, 15) is 8.42 Å². The minimum absolute atomic E-state index is 0.0791. The highest BCUT2D eigenvalue weighted by molar-refractivity contribution is 7.89. The Morgan fingerprint density at radius 2 is 1.74 bits per heavy atom. The Labute approximate surface area is 161 Å². The zero-order chi connectivity index (χ0) is 19.6. The molecule has 3 rings (SSSR count). The van der Waals surface area contributed by atoms with Gasteiger partial charge in [-0.1, -0.05) is 12.1 Å². The normalized spacial score (nSPS) is 18.4. The lowest BCUT2D eigenvalue weighted by molar-refractivity contribution is 0.340. The van der Waals surface area contributed by atoms with Crippen molar-refractivity contribution >= 4 is 15.7 Å². The molecule has 0 spiro atoms. The van der Waals surface area contributed by atoms with Gasteiger partial charge in [0.25, 0.3) is 0 Å². The molecule has 1 aliphatic heterocycles. The van der Waals surface area contributed by atoms with Gasteiger partial charge in [0.2, 0.25) is 10.0 Å². The van der Waals surface area contributed by atoms with Gasteiger partial charge in [-0.15, -0.1) is 0 Å². The van der Waals surface area contributed by atoms with Gasteiger partial charge in [0, 0.05) is 37.4 Å². The van der Waals surface area contributed by atoms with Crippen molar-refractivity contribution in [2.45, 2.75) is 24.8 Å². The van der Waals surface area contributed by atoms with Crippen molar-refractivity contribution in [3.8, 4) is 11.5 Å². The summed E-state index contributed by atoms with van der Waals surface area (Å²) in [5.41, 5.74) is 2.32. The zero-order valence-electron chi connectivity index (χ0n) is 16.2. The number of sulfonamides is 1. The van der Waals surface area contributed by atoms with Crippen LogP contribution in [0, 0.1) is 6.92 Å². The number of aryl methyl sites for hydroxylation is 1. The average Bonchev–Trinajstić information content (AvgIpc) is 2.67. The highest BCUT2D eigenvalue weighted by atomic mass is 32.2. The van der Waals surface area contributed by atoms with E-state index in [1.807, 2.05) is 6.07 Å². The predicted octanol–water partition coefficient (Wildman–Crippen LogP) is 2.91. The van der Waals surface area contributed by atoms with Crippen molar-refractivity contribution in [3.05, 3.63) is 48.0 Å². The molecule has 2 aromatic rings. The summed E-state index contributed by atoms with van der Waals surface area (Å²) in [6.07, 6.45) is 0. The van der Waals surface area contributed by atoms with E-state index < -0.39 is 10.0 Å². The third-order valence-electron chi connectivity index (χ3n) is 4.92. The summed E-state index contributed by atoms with van der Waals surface area (Å²) in [5.74, 6) is 0.916. The summed E-state index contributed by atoms with van der Waals surface area (Å²) in [4.78, 5) is 2.48. The Hall–Kier alpha value is -2.25. The molecule has 2 aromatic carbocycles. The zero-order valence-corrected chi connectivity index (χ0v) is 17.0. The van der Waals surface area contributed by atoms with Crippen molar-refractivity contribution in [1.82, 2.24) is 4.31 Å². The maximum Gasteiger partial charge on any atom is 0.243 e. The molecule has 0 bridgehead atoms. The molecule has 146 valence electrons. The molecule has 0 aliphatic carbocycles. The molecule has 1 saturated heterocycles. The summed E-state index contributed by atoms with van der Waals surface area (Å²) in [7, 11) is -0.572. The maximum atomic E-state index is 13.1. The van der Waals surface area contributed by atoms with E-state index in [0.29, 0.717) is 31.1 Å². The number of ether oxygens (including phenoxy) is 2. The summed E-state index contributed by atoms with van der Waals surface area (Å²) < 4.78 is 38.2. The van der Waals surface area contributed by atoms with Gasteiger partial charge in [0.1, 0.15) is 0 Å². The van der Waals surface area contributed by atoms with Crippen LogP contribution in [0.25, 0.3) is 0 Å². The lowest BCUT2D eigenvalue weighted by Gasteiger charge is -2.40. The monoisotopic (exact) mass is 390 g/mol. The Bertz CT molecular complexity index is 914. The van der Waals surface area contributed by atoms with Crippen molar-refractivity contribution in [2.75, 3.05) is 38.8 Å². The number of benzene rings is 2. The first-order valence-corrected chi connectivity index (χ1v) is 10.4. The smallest absolute Gasteiger partial charge is 0.243 e. The van der Waals surface area contributed by atoms with Crippen LogP contribution >= 0.6 is 0 Å².